The molecule has 3 aliphatic rings. The second-order valence-electron chi connectivity index (χ2n) is 9.54. The molecule has 9 nitrogen and oxygen atoms in total. The Morgan fingerprint density at radius 2 is 1.57 bits per heavy atom. The summed E-state index contributed by atoms with van der Waals surface area (Å²) in [5, 5.41) is 2.56. The fourth-order valence-corrected chi connectivity index (χ4v) is 6.97. The summed E-state index contributed by atoms with van der Waals surface area (Å²) in [6.07, 6.45) is 0.803. The standard InChI is InChI=1S/C24H26Br2N2O7/c1-11(2)9-35-24(33)12-3-5-13(6-4-12)27-16(29)10-34-17(30)8-28-22(31)18-14-7-15(19(18)23(28)32)21(26)20(14)25/h3-6,11,14-15,18-21H,7-10H2,1-2H3,(H,27,29)/t14-,15-,18-,19+,20+,21+/m1/s1. The summed E-state index contributed by atoms with van der Waals surface area (Å²) in [7, 11) is 0. The Labute approximate surface area is 219 Å². The predicted molar refractivity (Wildman–Crippen MR) is 132 cm³/mol. The van der Waals surface area contributed by atoms with Crippen molar-refractivity contribution >= 4 is 67.2 Å². The molecule has 35 heavy (non-hydrogen) atoms. The first-order valence-corrected chi connectivity index (χ1v) is 13.3. The molecule has 3 fully saturated rings. The van der Waals surface area contributed by atoms with Crippen LogP contribution in [0.1, 0.15) is 30.6 Å². The van der Waals surface area contributed by atoms with Gasteiger partial charge in [0.1, 0.15) is 6.54 Å². The molecule has 1 aromatic carbocycles. The van der Waals surface area contributed by atoms with Gasteiger partial charge in [0.05, 0.1) is 24.0 Å². The second-order valence-corrected chi connectivity index (χ2v) is 11.7. The smallest absolute Gasteiger partial charge is 0.338 e. The van der Waals surface area contributed by atoms with Gasteiger partial charge in [0.15, 0.2) is 6.61 Å². The number of halogens is 2. The van der Waals surface area contributed by atoms with Crippen molar-refractivity contribution in [1.29, 1.82) is 0 Å². The van der Waals surface area contributed by atoms with Crippen LogP contribution in [0.25, 0.3) is 0 Å². The minimum absolute atomic E-state index is 0.0565. The number of imide groups is 1. The van der Waals surface area contributed by atoms with E-state index in [-0.39, 0.29) is 39.2 Å². The Hall–Kier alpha value is -2.27. The number of nitrogens with zero attached hydrogens (tertiary/aromatic N) is 1. The van der Waals surface area contributed by atoms with Crippen LogP contribution in [0.2, 0.25) is 0 Å². The number of ether oxygens (including phenoxy) is 2. The highest BCUT2D eigenvalue weighted by Gasteiger charge is 2.66. The van der Waals surface area contributed by atoms with Gasteiger partial charge in [0.2, 0.25) is 11.8 Å². The molecule has 0 radical (unpaired) electrons. The van der Waals surface area contributed by atoms with Crippen LogP contribution in [0.15, 0.2) is 24.3 Å². The SMILES string of the molecule is CC(C)COC(=O)c1ccc(NC(=O)COC(=O)CN2C(=O)[C@@H]3[C@H]4C[C@@H]([C@H](Br)[C@H]4Br)[C@@H]3C2=O)cc1. The number of benzene rings is 1. The summed E-state index contributed by atoms with van der Waals surface area (Å²) >= 11 is 7.24. The third-order valence-corrected chi connectivity index (χ3v) is 9.89. The molecule has 0 spiro atoms. The van der Waals surface area contributed by atoms with E-state index in [4.69, 9.17) is 9.47 Å². The zero-order valence-corrected chi connectivity index (χ0v) is 22.4. The van der Waals surface area contributed by atoms with Gasteiger partial charge in [-0.05, 0) is 48.4 Å². The van der Waals surface area contributed by atoms with Gasteiger partial charge in [-0.25, -0.2) is 4.79 Å². The number of nitrogens with one attached hydrogen (secondary N) is 1. The van der Waals surface area contributed by atoms with Crippen molar-refractivity contribution in [3.05, 3.63) is 29.8 Å². The van der Waals surface area contributed by atoms with Crippen LogP contribution in [-0.2, 0) is 28.7 Å². The highest BCUT2D eigenvalue weighted by atomic mass is 79.9. The highest BCUT2D eigenvalue weighted by Crippen LogP contribution is 2.60. The lowest BCUT2D eigenvalue weighted by atomic mass is 9.81. The molecule has 0 unspecified atom stereocenters. The molecule has 0 aromatic heterocycles. The molecule has 2 saturated carbocycles. The molecular formula is C24H26Br2N2O7. The maximum absolute atomic E-state index is 12.9. The van der Waals surface area contributed by atoms with Crippen LogP contribution in [0.5, 0.6) is 0 Å². The largest absolute Gasteiger partial charge is 0.462 e. The maximum Gasteiger partial charge on any atom is 0.338 e. The number of esters is 2. The highest BCUT2D eigenvalue weighted by molar-refractivity contribution is 9.12. The molecule has 1 saturated heterocycles. The van der Waals surface area contributed by atoms with E-state index in [2.05, 4.69) is 37.2 Å². The predicted octanol–water partition coefficient (Wildman–Crippen LogP) is 2.76. The van der Waals surface area contributed by atoms with Crippen LogP contribution in [-0.4, -0.2) is 64.0 Å². The van der Waals surface area contributed by atoms with Gasteiger partial charge < -0.3 is 14.8 Å². The van der Waals surface area contributed by atoms with E-state index in [1.807, 2.05) is 13.8 Å². The first-order chi connectivity index (χ1) is 16.6. The fraction of sp³-hybridized carbons (Fsp3) is 0.542. The summed E-state index contributed by atoms with van der Waals surface area (Å²) in [6.45, 7) is 3.10. The number of fused-ring (bicyclic) bond motifs is 5. The monoisotopic (exact) mass is 612 g/mol. The van der Waals surface area contributed by atoms with Gasteiger partial charge in [-0.3, -0.25) is 24.1 Å². The molecule has 6 atom stereocenters. The first-order valence-electron chi connectivity index (χ1n) is 11.4. The van der Waals surface area contributed by atoms with Crippen molar-refractivity contribution in [3.8, 4) is 0 Å². The third kappa shape index (κ3) is 5.16. The van der Waals surface area contributed by atoms with Crippen molar-refractivity contribution in [2.75, 3.05) is 25.1 Å². The van der Waals surface area contributed by atoms with Gasteiger partial charge in [0, 0.05) is 15.3 Å². The van der Waals surface area contributed by atoms with Crippen molar-refractivity contribution in [2.45, 2.75) is 29.9 Å². The Morgan fingerprint density at radius 1 is 1.00 bits per heavy atom. The van der Waals surface area contributed by atoms with Gasteiger partial charge in [0.25, 0.3) is 5.91 Å². The van der Waals surface area contributed by atoms with E-state index < -0.39 is 42.8 Å². The van der Waals surface area contributed by atoms with Crippen molar-refractivity contribution in [2.24, 2.45) is 29.6 Å². The van der Waals surface area contributed by atoms with Crippen molar-refractivity contribution < 1.29 is 33.4 Å². The molecule has 3 amide bonds. The summed E-state index contributed by atoms with van der Waals surface area (Å²) in [5.41, 5.74) is 0.763. The third-order valence-electron chi connectivity index (χ3n) is 6.68. The summed E-state index contributed by atoms with van der Waals surface area (Å²) in [4.78, 5) is 63.3. The van der Waals surface area contributed by atoms with E-state index in [0.29, 0.717) is 17.9 Å². The topological polar surface area (TPSA) is 119 Å². The fourth-order valence-electron chi connectivity index (χ4n) is 5.10. The first kappa shape index (κ1) is 25.8. The zero-order chi connectivity index (χ0) is 25.4. The van der Waals surface area contributed by atoms with Crippen LogP contribution in [0.3, 0.4) is 0 Å². The molecular weight excluding hydrogens is 588 g/mol. The molecule has 1 aromatic rings. The number of amides is 3. The Bertz CT molecular complexity index is 1010. The van der Waals surface area contributed by atoms with Crippen LogP contribution in [0.4, 0.5) is 5.69 Å². The van der Waals surface area contributed by atoms with Crippen molar-refractivity contribution in [3.63, 3.8) is 0 Å². The lowest BCUT2D eigenvalue weighted by molar-refractivity contribution is -0.154. The van der Waals surface area contributed by atoms with Gasteiger partial charge in [-0.2, -0.15) is 0 Å². The number of hydrogen-bond donors (Lipinski definition) is 1. The number of carbonyl (C=O) groups excluding carboxylic acids is 5. The number of rotatable bonds is 8. The maximum atomic E-state index is 12.9. The lowest BCUT2D eigenvalue weighted by Gasteiger charge is -2.28. The van der Waals surface area contributed by atoms with E-state index in [9.17, 15) is 24.0 Å². The summed E-state index contributed by atoms with van der Waals surface area (Å²) in [6, 6.07) is 6.12. The Kier molecular flexibility index (Phi) is 7.65. The van der Waals surface area contributed by atoms with E-state index in [1.165, 1.54) is 24.3 Å². The van der Waals surface area contributed by atoms with Crippen LogP contribution in [0, 0.1) is 29.6 Å². The van der Waals surface area contributed by atoms with E-state index >= 15 is 0 Å². The quantitative estimate of drug-likeness (QED) is 0.272. The molecule has 188 valence electrons. The zero-order valence-electron chi connectivity index (χ0n) is 19.2. The molecule has 1 aliphatic heterocycles. The summed E-state index contributed by atoms with van der Waals surface area (Å²) < 4.78 is 10.1. The van der Waals surface area contributed by atoms with E-state index in [0.717, 1.165) is 11.3 Å². The van der Waals surface area contributed by atoms with Crippen molar-refractivity contribution in [1.82, 2.24) is 4.90 Å². The molecule has 1 N–H and O–H groups in total. The average Bonchev–Trinajstić information content (AvgIpc) is 3.43. The Morgan fingerprint density at radius 3 is 2.11 bits per heavy atom. The van der Waals surface area contributed by atoms with Gasteiger partial charge in [-0.1, -0.05) is 45.7 Å². The second kappa shape index (κ2) is 10.4. The van der Waals surface area contributed by atoms with E-state index in [1.54, 1.807) is 0 Å². The van der Waals surface area contributed by atoms with Crippen LogP contribution < -0.4 is 5.32 Å². The molecule has 11 heteroatoms. The molecule has 1 heterocycles. The van der Waals surface area contributed by atoms with Crippen LogP contribution >= 0.6 is 31.9 Å². The Balaban J connectivity index is 1.24. The molecule has 2 bridgehead atoms. The van der Waals surface area contributed by atoms with Gasteiger partial charge >= 0.3 is 11.9 Å². The number of likely N-dealkylation sites (tertiary alicyclic amines) is 1. The number of anilines is 1. The van der Waals surface area contributed by atoms with Gasteiger partial charge in [-0.15, -0.1) is 0 Å². The number of hydrogen-bond acceptors (Lipinski definition) is 7. The lowest BCUT2D eigenvalue weighted by Crippen LogP contribution is -2.38. The number of carbonyl (C=O) groups is 5. The summed E-state index contributed by atoms with van der Waals surface area (Å²) in [5.74, 6) is -3.04. The minimum atomic E-state index is -0.830. The minimum Gasteiger partial charge on any atom is -0.462 e. The molecule has 2 aliphatic carbocycles. The normalized spacial score (nSPS) is 28.9. The average molecular weight is 614 g/mol. The molecule has 4 rings (SSSR count). The number of alkyl halides is 2.